The number of ether oxygens (including phenoxy) is 1. The third-order valence-electron chi connectivity index (χ3n) is 3.34. The molecule has 0 bridgehead atoms. The van der Waals surface area contributed by atoms with E-state index in [1.807, 2.05) is 0 Å². The summed E-state index contributed by atoms with van der Waals surface area (Å²) in [4.78, 5) is 24.0. The van der Waals surface area contributed by atoms with Gasteiger partial charge in [-0.3, -0.25) is 4.90 Å². The predicted molar refractivity (Wildman–Crippen MR) is 58.1 cm³/mol. The Morgan fingerprint density at radius 3 is 2.75 bits per heavy atom. The third kappa shape index (κ3) is 1.77. The predicted octanol–water partition coefficient (Wildman–Crippen LogP) is 1.49. The van der Waals surface area contributed by atoms with Crippen molar-refractivity contribution in [3.8, 4) is 0 Å². The van der Waals surface area contributed by atoms with Gasteiger partial charge in [-0.15, -0.1) is 6.58 Å². The van der Waals surface area contributed by atoms with Gasteiger partial charge in [0.05, 0.1) is 7.11 Å². The molecule has 0 saturated carbocycles. The zero-order valence-corrected chi connectivity index (χ0v) is 9.60. The smallest absolute Gasteiger partial charge is 0.408 e. The van der Waals surface area contributed by atoms with Gasteiger partial charge in [-0.1, -0.05) is 6.08 Å². The molecule has 1 rings (SSSR count). The number of hydrogen-bond acceptors (Lipinski definition) is 3. The minimum Gasteiger partial charge on any atom is -0.467 e. The average Bonchev–Trinajstić information content (AvgIpc) is 2.57. The number of rotatable bonds is 3. The van der Waals surface area contributed by atoms with Crippen LogP contribution in [0.25, 0.3) is 0 Å². The lowest BCUT2D eigenvalue weighted by atomic mass is 9.84. The molecule has 5 heteroatoms. The van der Waals surface area contributed by atoms with E-state index in [-0.39, 0.29) is 5.92 Å². The lowest BCUT2D eigenvalue weighted by molar-refractivity contribution is -0.153. The number of carboxylic acid groups (broad SMARTS) is 1. The van der Waals surface area contributed by atoms with Crippen LogP contribution in [-0.2, 0) is 9.53 Å². The van der Waals surface area contributed by atoms with Gasteiger partial charge in [0, 0.05) is 6.54 Å². The third-order valence-corrected chi connectivity index (χ3v) is 3.34. The first-order valence-corrected chi connectivity index (χ1v) is 5.18. The molecule has 0 aromatic carbocycles. The van der Waals surface area contributed by atoms with Gasteiger partial charge in [-0.05, 0) is 25.7 Å². The second kappa shape index (κ2) is 4.55. The van der Waals surface area contributed by atoms with Crippen molar-refractivity contribution in [1.82, 2.24) is 4.90 Å². The topological polar surface area (TPSA) is 66.8 Å². The van der Waals surface area contributed by atoms with Crippen LogP contribution in [-0.4, -0.2) is 41.3 Å². The Morgan fingerprint density at radius 2 is 2.31 bits per heavy atom. The Kier molecular flexibility index (Phi) is 3.57. The molecule has 1 aliphatic heterocycles. The summed E-state index contributed by atoms with van der Waals surface area (Å²) in [6.07, 6.45) is 1.88. The van der Waals surface area contributed by atoms with E-state index in [1.54, 1.807) is 13.0 Å². The molecule has 90 valence electrons. The molecule has 1 N–H and O–H groups in total. The van der Waals surface area contributed by atoms with Gasteiger partial charge in [0.15, 0.2) is 0 Å². The van der Waals surface area contributed by atoms with Crippen LogP contribution in [0.15, 0.2) is 12.7 Å². The van der Waals surface area contributed by atoms with Gasteiger partial charge < -0.3 is 9.84 Å². The summed E-state index contributed by atoms with van der Waals surface area (Å²) in [5.41, 5.74) is -1.09. The molecule has 16 heavy (non-hydrogen) atoms. The minimum atomic E-state index is -1.09. The van der Waals surface area contributed by atoms with E-state index in [4.69, 9.17) is 9.84 Å². The van der Waals surface area contributed by atoms with E-state index in [2.05, 4.69) is 6.58 Å². The van der Waals surface area contributed by atoms with Crippen LogP contribution in [0.2, 0.25) is 0 Å². The Hall–Kier alpha value is -1.52. The standard InChI is InChI=1S/C11H17NO4/c1-4-5-8-6-7-12(10(14)15)11(8,2)9(13)16-3/h4,8H,1,5-7H2,2-3H3,(H,14,15). The Bertz CT molecular complexity index is 315. The summed E-state index contributed by atoms with van der Waals surface area (Å²) in [7, 11) is 1.27. The number of carbonyl (C=O) groups excluding carboxylic acids is 1. The number of carbonyl (C=O) groups is 2. The molecule has 1 aliphatic rings. The fraction of sp³-hybridized carbons (Fsp3) is 0.636. The van der Waals surface area contributed by atoms with Crippen molar-refractivity contribution in [1.29, 1.82) is 0 Å². The molecule has 1 heterocycles. The van der Waals surface area contributed by atoms with Gasteiger partial charge in [0.1, 0.15) is 5.54 Å². The maximum absolute atomic E-state index is 11.8. The SMILES string of the molecule is C=CCC1CCN(C(=O)O)C1(C)C(=O)OC. The number of nitrogens with zero attached hydrogens (tertiary/aromatic N) is 1. The summed E-state index contributed by atoms with van der Waals surface area (Å²) in [6.45, 7) is 5.61. The van der Waals surface area contributed by atoms with Gasteiger partial charge in [0.2, 0.25) is 0 Å². The van der Waals surface area contributed by atoms with Crippen molar-refractivity contribution in [2.45, 2.75) is 25.3 Å². The molecule has 0 aromatic rings. The Balaban J connectivity index is 3.04. The van der Waals surface area contributed by atoms with Crippen LogP contribution < -0.4 is 0 Å². The van der Waals surface area contributed by atoms with E-state index in [0.717, 1.165) is 4.90 Å². The number of amides is 1. The van der Waals surface area contributed by atoms with E-state index < -0.39 is 17.6 Å². The summed E-state index contributed by atoms with van der Waals surface area (Å²) in [5.74, 6) is -0.562. The molecule has 2 atom stereocenters. The zero-order chi connectivity index (χ0) is 12.3. The fourth-order valence-electron chi connectivity index (χ4n) is 2.34. The van der Waals surface area contributed by atoms with Crippen LogP contribution in [0.4, 0.5) is 4.79 Å². The zero-order valence-electron chi connectivity index (χ0n) is 9.60. The first-order valence-electron chi connectivity index (χ1n) is 5.18. The first kappa shape index (κ1) is 12.5. The van der Waals surface area contributed by atoms with Crippen LogP contribution in [0, 0.1) is 5.92 Å². The number of hydrogen-bond donors (Lipinski definition) is 1. The van der Waals surface area contributed by atoms with Crippen molar-refractivity contribution in [3.63, 3.8) is 0 Å². The molecule has 0 aliphatic carbocycles. The molecule has 0 aromatic heterocycles. The summed E-state index contributed by atoms with van der Waals surface area (Å²) >= 11 is 0. The molecular formula is C11H17NO4. The minimum absolute atomic E-state index is 0.0615. The lowest BCUT2D eigenvalue weighted by Gasteiger charge is -2.34. The molecule has 0 spiro atoms. The molecule has 1 saturated heterocycles. The summed E-state index contributed by atoms with van der Waals surface area (Å²) in [6, 6.07) is 0. The van der Waals surface area contributed by atoms with Crippen molar-refractivity contribution in [2.75, 3.05) is 13.7 Å². The van der Waals surface area contributed by atoms with Crippen molar-refractivity contribution in [2.24, 2.45) is 5.92 Å². The number of esters is 1. The lowest BCUT2D eigenvalue weighted by Crippen LogP contribution is -2.54. The maximum atomic E-state index is 11.8. The van der Waals surface area contributed by atoms with Crippen LogP contribution >= 0.6 is 0 Å². The highest BCUT2D eigenvalue weighted by Crippen LogP contribution is 2.38. The quantitative estimate of drug-likeness (QED) is 0.586. The highest BCUT2D eigenvalue weighted by Gasteiger charge is 2.53. The fourth-order valence-corrected chi connectivity index (χ4v) is 2.34. The maximum Gasteiger partial charge on any atom is 0.408 e. The summed E-state index contributed by atoms with van der Waals surface area (Å²) in [5, 5.41) is 9.07. The van der Waals surface area contributed by atoms with Crippen molar-refractivity contribution in [3.05, 3.63) is 12.7 Å². The Morgan fingerprint density at radius 1 is 1.69 bits per heavy atom. The summed E-state index contributed by atoms with van der Waals surface area (Å²) < 4.78 is 4.72. The molecule has 5 nitrogen and oxygen atoms in total. The second-order valence-corrected chi connectivity index (χ2v) is 4.08. The Labute approximate surface area is 94.7 Å². The molecule has 0 radical (unpaired) electrons. The normalized spacial score (nSPS) is 28.9. The van der Waals surface area contributed by atoms with E-state index in [0.29, 0.717) is 19.4 Å². The van der Waals surface area contributed by atoms with E-state index in [9.17, 15) is 9.59 Å². The molecule has 1 fully saturated rings. The number of likely N-dealkylation sites (tertiary alicyclic amines) is 1. The van der Waals surface area contributed by atoms with Gasteiger partial charge in [-0.25, -0.2) is 9.59 Å². The van der Waals surface area contributed by atoms with Crippen LogP contribution in [0.1, 0.15) is 19.8 Å². The van der Waals surface area contributed by atoms with Crippen molar-refractivity contribution < 1.29 is 19.4 Å². The van der Waals surface area contributed by atoms with Crippen LogP contribution in [0.3, 0.4) is 0 Å². The van der Waals surface area contributed by atoms with Crippen molar-refractivity contribution >= 4 is 12.1 Å². The second-order valence-electron chi connectivity index (χ2n) is 4.08. The monoisotopic (exact) mass is 227 g/mol. The van der Waals surface area contributed by atoms with Gasteiger partial charge >= 0.3 is 12.1 Å². The highest BCUT2D eigenvalue weighted by molar-refractivity contribution is 5.86. The molecular weight excluding hydrogens is 210 g/mol. The highest BCUT2D eigenvalue weighted by atomic mass is 16.5. The first-order chi connectivity index (χ1) is 7.48. The molecule has 1 amide bonds. The van der Waals surface area contributed by atoms with Gasteiger partial charge in [-0.2, -0.15) is 0 Å². The van der Waals surface area contributed by atoms with Gasteiger partial charge in [0.25, 0.3) is 0 Å². The average molecular weight is 227 g/mol. The van der Waals surface area contributed by atoms with Crippen LogP contribution in [0.5, 0.6) is 0 Å². The largest absolute Gasteiger partial charge is 0.467 e. The van der Waals surface area contributed by atoms with E-state index in [1.165, 1.54) is 7.11 Å². The molecule has 2 unspecified atom stereocenters. The van der Waals surface area contributed by atoms with E-state index >= 15 is 0 Å². The number of allylic oxidation sites excluding steroid dienone is 1. The number of methoxy groups -OCH3 is 1.